The minimum Gasteiger partial charge on any atom is -0.493 e. The van der Waals surface area contributed by atoms with Gasteiger partial charge in [-0.3, -0.25) is 9.98 Å². The molecule has 0 spiro atoms. The molecule has 0 bridgehead atoms. The Labute approximate surface area is 236 Å². The van der Waals surface area contributed by atoms with E-state index in [-0.39, 0.29) is 17.7 Å². The lowest BCUT2D eigenvalue weighted by molar-refractivity contribution is 0.313. The maximum atomic E-state index is 15.2. The first-order valence-electron chi connectivity index (χ1n) is 13.3. The van der Waals surface area contributed by atoms with Crippen LogP contribution in [0, 0.1) is 17.6 Å². The van der Waals surface area contributed by atoms with E-state index in [0.29, 0.717) is 29.6 Å². The highest BCUT2D eigenvalue weighted by Crippen LogP contribution is 2.43. The van der Waals surface area contributed by atoms with Gasteiger partial charge in [-0.1, -0.05) is 31.2 Å². The molecule has 0 saturated carbocycles. The molecule has 3 heterocycles. The molecule has 1 unspecified atom stereocenters. The Morgan fingerprint density at radius 1 is 1.02 bits per heavy atom. The molecule has 0 radical (unpaired) electrons. The van der Waals surface area contributed by atoms with Crippen LogP contribution in [0.1, 0.15) is 30.3 Å². The molecule has 4 aromatic rings. The molecule has 7 nitrogen and oxygen atoms in total. The molecular weight excluding hydrogens is 524 g/mol. The summed E-state index contributed by atoms with van der Waals surface area (Å²) >= 11 is 0. The second-order valence-corrected chi connectivity index (χ2v) is 9.69. The van der Waals surface area contributed by atoms with Gasteiger partial charge in [0.15, 0.2) is 17.4 Å². The van der Waals surface area contributed by atoms with Crippen LogP contribution in [0.2, 0.25) is 0 Å². The molecule has 1 aliphatic carbocycles. The third-order valence-electron chi connectivity index (χ3n) is 6.93. The maximum Gasteiger partial charge on any atom is 0.179 e. The highest BCUT2D eigenvalue weighted by molar-refractivity contribution is 6.33. The van der Waals surface area contributed by atoms with Crippen LogP contribution in [0.4, 0.5) is 26.0 Å². The molecule has 0 fully saturated rings. The van der Waals surface area contributed by atoms with Crippen molar-refractivity contribution in [3.8, 4) is 11.5 Å². The summed E-state index contributed by atoms with van der Waals surface area (Å²) in [6.07, 6.45) is 9.66. The van der Waals surface area contributed by atoms with Gasteiger partial charge < -0.3 is 14.8 Å². The highest BCUT2D eigenvalue weighted by atomic mass is 19.1. The predicted molar refractivity (Wildman–Crippen MR) is 155 cm³/mol. The number of nitrogens with one attached hydrogen (secondary N) is 1. The van der Waals surface area contributed by atoms with Gasteiger partial charge in [0.05, 0.1) is 31.3 Å². The number of pyridine rings is 1. The average molecular weight is 552 g/mol. The lowest BCUT2D eigenvalue weighted by Gasteiger charge is -2.22. The van der Waals surface area contributed by atoms with Crippen LogP contribution in [0.15, 0.2) is 84.3 Å². The van der Waals surface area contributed by atoms with Gasteiger partial charge in [-0.15, -0.1) is 0 Å². The van der Waals surface area contributed by atoms with E-state index < -0.39 is 17.6 Å². The van der Waals surface area contributed by atoms with Crippen LogP contribution in [-0.4, -0.2) is 34.4 Å². The van der Waals surface area contributed by atoms with Crippen LogP contribution >= 0.6 is 0 Å². The van der Waals surface area contributed by atoms with Crippen LogP contribution in [0.25, 0.3) is 11.1 Å². The van der Waals surface area contributed by atoms with Crippen LogP contribution in [-0.2, 0) is 6.42 Å². The zero-order valence-corrected chi connectivity index (χ0v) is 22.6. The normalized spacial score (nSPS) is 15.3. The van der Waals surface area contributed by atoms with Gasteiger partial charge in [0.1, 0.15) is 17.4 Å². The number of para-hydroxylation sites is 1. The van der Waals surface area contributed by atoms with Crippen molar-refractivity contribution in [2.24, 2.45) is 10.9 Å². The molecule has 1 aliphatic heterocycles. The van der Waals surface area contributed by atoms with E-state index >= 15 is 8.78 Å². The number of aromatic nitrogens is 3. The van der Waals surface area contributed by atoms with Crippen molar-refractivity contribution in [2.45, 2.75) is 19.8 Å². The lowest BCUT2D eigenvalue weighted by Crippen LogP contribution is -2.20. The van der Waals surface area contributed by atoms with E-state index in [4.69, 9.17) is 19.5 Å². The Morgan fingerprint density at radius 3 is 2.56 bits per heavy atom. The van der Waals surface area contributed by atoms with Crippen LogP contribution in [0.5, 0.6) is 11.5 Å². The summed E-state index contributed by atoms with van der Waals surface area (Å²) in [4.78, 5) is 18.2. The number of nitrogens with zero attached hydrogens (tertiary/aromatic N) is 4. The largest absolute Gasteiger partial charge is 0.493 e. The molecular formula is C32H27F2N5O2. The van der Waals surface area contributed by atoms with Gasteiger partial charge in [0.2, 0.25) is 0 Å². The summed E-state index contributed by atoms with van der Waals surface area (Å²) in [6.45, 7) is 2.32. The number of hydrogen-bond donors (Lipinski definition) is 1. The molecule has 206 valence electrons. The molecule has 41 heavy (non-hydrogen) atoms. The first kappa shape index (κ1) is 26.3. The van der Waals surface area contributed by atoms with Gasteiger partial charge in [0.25, 0.3) is 0 Å². The van der Waals surface area contributed by atoms with Crippen molar-refractivity contribution < 1.29 is 18.3 Å². The van der Waals surface area contributed by atoms with Crippen molar-refractivity contribution >= 4 is 34.1 Å². The van der Waals surface area contributed by atoms with Crippen molar-refractivity contribution in [3.63, 3.8) is 0 Å². The van der Waals surface area contributed by atoms with E-state index in [1.165, 1.54) is 12.1 Å². The van der Waals surface area contributed by atoms with Crippen molar-refractivity contribution in [1.82, 2.24) is 15.0 Å². The van der Waals surface area contributed by atoms with Gasteiger partial charge in [-0.2, -0.15) is 0 Å². The minimum absolute atomic E-state index is 0.0231. The van der Waals surface area contributed by atoms with E-state index in [2.05, 4.69) is 15.3 Å². The smallest absolute Gasteiger partial charge is 0.179 e. The van der Waals surface area contributed by atoms with Gasteiger partial charge in [-0.05, 0) is 37.1 Å². The summed E-state index contributed by atoms with van der Waals surface area (Å²) < 4.78 is 41.4. The Balaban J connectivity index is 1.40. The van der Waals surface area contributed by atoms with E-state index in [9.17, 15) is 0 Å². The molecule has 0 saturated heterocycles. The topological polar surface area (TPSA) is 81.5 Å². The Bertz CT molecular complexity index is 1680. The molecule has 0 amide bonds. The summed E-state index contributed by atoms with van der Waals surface area (Å²) in [7, 11) is 1.55. The standard InChI is InChI=1S/C32H27F2N5O2/c1-3-12-41-22-16-26(33)25(27(34)17-22)14-19-13-20(15-24-23-6-4-5-7-28(23)38-30(19)24)31-36-18-29(40-2)32(39-31)37-21-8-10-35-11-9-21/h4-11,13,15-19H,3,12,14H2,1-2H3,(H,35,36,37,39). The van der Waals surface area contributed by atoms with Gasteiger partial charge >= 0.3 is 0 Å². The van der Waals surface area contributed by atoms with Crippen LogP contribution < -0.4 is 14.8 Å². The highest BCUT2D eigenvalue weighted by Gasteiger charge is 2.32. The first-order valence-corrected chi connectivity index (χ1v) is 13.3. The summed E-state index contributed by atoms with van der Waals surface area (Å²) in [5, 5.41) is 3.25. The van der Waals surface area contributed by atoms with Crippen molar-refractivity contribution in [3.05, 3.63) is 108 Å². The number of anilines is 2. The predicted octanol–water partition coefficient (Wildman–Crippen LogP) is 7.12. The first-order chi connectivity index (χ1) is 20.0. The molecule has 1 atom stereocenters. The molecule has 9 heteroatoms. The third kappa shape index (κ3) is 5.30. The molecule has 2 aliphatic rings. The van der Waals surface area contributed by atoms with Crippen molar-refractivity contribution in [1.29, 1.82) is 0 Å². The zero-order chi connectivity index (χ0) is 28.3. The number of halogens is 2. The summed E-state index contributed by atoms with van der Waals surface area (Å²) in [5.41, 5.74) is 4.88. The number of allylic oxidation sites excluding steroid dienone is 4. The van der Waals surface area contributed by atoms with Gasteiger partial charge in [-0.25, -0.2) is 18.7 Å². The van der Waals surface area contributed by atoms with Gasteiger partial charge in [0, 0.05) is 58.4 Å². The molecule has 6 rings (SSSR count). The average Bonchev–Trinajstić information content (AvgIpc) is 3.37. The SMILES string of the molecule is CCCOc1cc(F)c(CC2C=C(c3ncc(OC)c(Nc4ccncc4)n3)C=C3C2=Nc2ccccc23)c(F)c1. The number of benzene rings is 2. The van der Waals surface area contributed by atoms with E-state index in [0.717, 1.165) is 34.6 Å². The monoisotopic (exact) mass is 551 g/mol. The number of ether oxygens (including phenoxy) is 2. The fourth-order valence-corrected chi connectivity index (χ4v) is 4.97. The quantitative estimate of drug-likeness (QED) is 0.239. The van der Waals surface area contributed by atoms with Crippen LogP contribution in [0.3, 0.4) is 0 Å². The third-order valence-corrected chi connectivity index (χ3v) is 6.93. The second kappa shape index (κ2) is 11.3. The molecule has 1 N–H and O–H groups in total. The summed E-state index contributed by atoms with van der Waals surface area (Å²) in [6, 6.07) is 13.9. The Kier molecular flexibility index (Phi) is 7.24. The molecule has 2 aromatic heterocycles. The number of methoxy groups -OCH3 is 1. The number of hydrogen-bond acceptors (Lipinski definition) is 7. The Morgan fingerprint density at radius 2 is 1.80 bits per heavy atom. The fraction of sp³-hybridized carbons (Fsp3) is 0.188. The van der Waals surface area contributed by atoms with E-state index in [1.54, 1.807) is 25.7 Å². The van der Waals surface area contributed by atoms with Crippen molar-refractivity contribution in [2.75, 3.05) is 19.0 Å². The Hall–Kier alpha value is -4.92. The second-order valence-electron chi connectivity index (χ2n) is 9.69. The number of aliphatic imine (C=N–C) groups is 1. The molecule has 2 aromatic carbocycles. The minimum atomic E-state index is -0.650. The lowest BCUT2D eigenvalue weighted by atomic mass is 9.82. The maximum absolute atomic E-state index is 15.2. The van der Waals surface area contributed by atoms with E-state index in [1.807, 2.05) is 55.5 Å². The fourth-order valence-electron chi connectivity index (χ4n) is 4.97. The number of rotatable bonds is 9. The summed E-state index contributed by atoms with van der Waals surface area (Å²) in [5.74, 6) is -0.165. The number of fused-ring (bicyclic) bond motifs is 3. The zero-order valence-electron chi connectivity index (χ0n) is 22.6.